The Kier molecular flexibility index (Phi) is 4.67. The summed E-state index contributed by atoms with van der Waals surface area (Å²) in [5.41, 5.74) is 0.822. The Morgan fingerprint density at radius 1 is 0.958 bits per heavy atom. The summed E-state index contributed by atoms with van der Waals surface area (Å²) in [5.74, 6) is 0.0795. The lowest BCUT2D eigenvalue weighted by Gasteiger charge is -2.15. The lowest BCUT2D eigenvalue weighted by Crippen LogP contribution is -1.96. The van der Waals surface area contributed by atoms with Gasteiger partial charge in [0.05, 0.1) is 29.8 Å². The summed E-state index contributed by atoms with van der Waals surface area (Å²) in [6, 6.07) is 4.33. The first-order valence-electron chi connectivity index (χ1n) is 6.68. The molecule has 0 aliphatic carbocycles. The zero-order chi connectivity index (χ0) is 17.4. The standard InChI is InChI=1S/C16H10Cl3FN2O2/c1-23-11-5-12(24-2)15(18)13(14(11)17)8-3-7-6-21-16(19)22-10(7)4-9(8)20/h3-6H,1-2H3. The van der Waals surface area contributed by atoms with Crippen LogP contribution >= 0.6 is 34.8 Å². The molecule has 0 saturated heterocycles. The number of fused-ring (bicyclic) bond motifs is 1. The van der Waals surface area contributed by atoms with Crippen molar-refractivity contribution in [2.24, 2.45) is 0 Å². The molecule has 2 aromatic carbocycles. The SMILES string of the molecule is COc1cc(OC)c(Cl)c(-c2cc3cnc(Cl)nc3cc2F)c1Cl. The normalized spacial score (nSPS) is 10.9. The van der Waals surface area contributed by atoms with Crippen molar-refractivity contribution in [3.63, 3.8) is 0 Å². The Hall–Kier alpha value is -1.82. The van der Waals surface area contributed by atoms with Gasteiger partial charge in [0.2, 0.25) is 5.28 Å². The van der Waals surface area contributed by atoms with E-state index in [4.69, 9.17) is 44.3 Å². The van der Waals surface area contributed by atoms with E-state index in [1.54, 1.807) is 6.07 Å². The molecule has 3 aromatic rings. The van der Waals surface area contributed by atoms with Gasteiger partial charge in [0.25, 0.3) is 0 Å². The van der Waals surface area contributed by atoms with Crippen molar-refractivity contribution in [2.75, 3.05) is 14.2 Å². The molecular formula is C16H10Cl3FN2O2. The first kappa shape index (κ1) is 17.0. The minimum absolute atomic E-state index is 0.0359. The molecule has 0 atom stereocenters. The number of methoxy groups -OCH3 is 2. The number of nitrogens with zero attached hydrogens (tertiary/aromatic N) is 2. The topological polar surface area (TPSA) is 44.2 Å². The molecule has 0 fully saturated rings. The predicted octanol–water partition coefficient (Wildman–Crippen LogP) is 5.41. The summed E-state index contributed by atoms with van der Waals surface area (Å²) in [7, 11) is 2.90. The molecule has 0 radical (unpaired) electrons. The van der Waals surface area contributed by atoms with Crippen LogP contribution in [0.15, 0.2) is 24.4 Å². The Bertz CT molecular complexity index is 922. The molecule has 4 nitrogen and oxygen atoms in total. The molecule has 124 valence electrons. The summed E-state index contributed by atoms with van der Waals surface area (Å²) < 4.78 is 25.1. The number of benzene rings is 2. The quantitative estimate of drug-likeness (QED) is 0.563. The first-order valence-corrected chi connectivity index (χ1v) is 7.81. The van der Waals surface area contributed by atoms with Crippen molar-refractivity contribution in [3.8, 4) is 22.6 Å². The van der Waals surface area contributed by atoms with E-state index >= 15 is 0 Å². The van der Waals surface area contributed by atoms with Gasteiger partial charge in [-0.1, -0.05) is 23.2 Å². The van der Waals surface area contributed by atoms with Gasteiger partial charge in [-0.2, -0.15) is 0 Å². The number of aromatic nitrogens is 2. The van der Waals surface area contributed by atoms with Gasteiger partial charge < -0.3 is 9.47 Å². The van der Waals surface area contributed by atoms with E-state index in [0.29, 0.717) is 22.4 Å². The fourth-order valence-corrected chi connectivity index (χ4v) is 3.19. The van der Waals surface area contributed by atoms with Crippen molar-refractivity contribution in [3.05, 3.63) is 45.5 Å². The molecule has 0 N–H and O–H groups in total. The van der Waals surface area contributed by atoms with Gasteiger partial charge in [-0.05, 0) is 17.7 Å². The number of rotatable bonds is 3. The average Bonchev–Trinajstić information content (AvgIpc) is 2.55. The number of hydrogen-bond acceptors (Lipinski definition) is 4. The minimum Gasteiger partial charge on any atom is -0.495 e. The summed E-state index contributed by atoms with van der Waals surface area (Å²) in [4.78, 5) is 7.88. The molecular weight excluding hydrogens is 378 g/mol. The van der Waals surface area contributed by atoms with Crippen LogP contribution in [0.3, 0.4) is 0 Å². The third kappa shape index (κ3) is 2.83. The number of halogens is 4. The van der Waals surface area contributed by atoms with Gasteiger partial charge >= 0.3 is 0 Å². The predicted molar refractivity (Wildman–Crippen MR) is 93.1 cm³/mol. The van der Waals surface area contributed by atoms with Crippen molar-refractivity contribution in [2.45, 2.75) is 0 Å². The zero-order valence-electron chi connectivity index (χ0n) is 12.5. The minimum atomic E-state index is -0.559. The Balaban J connectivity index is 2.34. The molecule has 0 bridgehead atoms. The summed E-state index contributed by atoms with van der Waals surface area (Å²) in [5, 5.41) is 0.978. The van der Waals surface area contributed by atoms with E-state index in [-0.39, 0.29) is 26.5 Å². The Morgan fingerprint density at radius 3 is 2.17 bits per heavy atom. The fourth-order valence-electron chi connectivity index (χ4n) is 2.34. The van der Waals surface area contributed by atoms with Crippen LogP contribution in [0.5, 0.6) is 11.5 Å². The van der Waals surface area contributed by atoms with E-state index < -0.39 is 5.82 Å². The smallest absolute Gasteiger partial charge is 0.222 e. The van der Waals surface area contributed by atoms with Crippen molar-refractivity contribution < 1.29 is 13.9 Å². The van der Waals surface area contributed by atoms with Crippen molar-refractivity contribution in [1.82, 2.24) is 9.97 Å². The molecule has 0 unspecified atom stereocenters. The van der Waals surface area contributed by atoms with Crippen LogP contribution in [0.2, 0.25) is 15.3 Å². The molecule has 0 aliphatic heterocycles. The van der Waals surface area contributed by atoms with Crippen LogP contribution in [0.25, 0.3) is 22.0 Å². The molecule has 0 spiro atoms. The largest absolute Gasteiger partial charge is 0.495 e. The zero-order valence-corrected chi connectivity index (χ0v) is 14.8. The highest BCUT2D eigenvalue weighted by Crippen LogP contribution is 2.47. The molecule has 24 heavy (non-hydrogen) atoms. The monoisotopic (exact) mass is 386 g/mol. The first-order chi connectivity index (χ1) is 11.5. The van der Waals surface area contributed by atoms with Crippen molar-refractivity contribution in [1.29, 1.82) is 0 Å². The van der Waals surface area contributed by atoms with Gasteiger partial charge in [0.1, 0.15) is 17.3 Å². The molecule has 0 amide bonds. The number of hydrogen-bond donors (Lipinski definition) is 0. The van der Waals surface area contributed by atoms with Gasteiger partial charge in [-0.3, -0.25) is 0 Å². The maximum absolute atomic E-state index is 14.7. The molecule has 1 aromatic heterocycles. The van der Waals surface area contributed by atoms with Crippen LogP contribution in [0.1, 0.15) is 0 Å². The van der Waals surface area contributed by atoms with Crippen LogP contribution in [-0.4, -0.2) is 24.2 Å². The molecule has 3 rings (SSSR count). The maximum Gasteiger partial charge on any atom is 0.222 e. The van der Waals surface area contributed by atoms with Crippen LogP contribution < -0.4 is 9.47 Å². The second kappa shape index (κ2) is 6.59. The van der Waals surface area contributed by atoms with E-state index in [0.717, 1.165) is 0 Å². The third-order valence-electron chi connectivity index (χ3n) is 3.48. The summed E-state index contributed by atoms with van der Waals surface area (Å²) in [6.07, 6.45) is 1.49. The molecule has 1 heterocycles. The van der Waals surface area contributed by atoms with E-state index in [1.165, 1.54) is 32.5 Å². The maximum atomic E-state index is 14.7. The molecule has 8 heteroatoms. The molecule has 0 saturated carbocycles. The van der Waals surface area contributed by atoms with Gasteiger partial charge in [0.15, 0.2) is 0 Å². The Labute approximate surface area is 152 Å². The van der Waals surface area contributed by atoms with E-state index in [1.807, 2.05) is 0 Å². The summed E-state index contributed by atoms with van der Waals surface area (Å²) in [6.45, 7) is 0. The lowest BCUT2D eigenvalue weighted by atomic mass is 10.0. The highest BCUT2D eigenvalue weighted by Gasteiger charge is 2.21. The lowest BCUT2D eigenvalue weighted by molar-refractivity contribution is 0.395. The van der Waals surface area contributed by atoms with Crippen LogP contribution in [0, 0.1) is 5.82 Å². The second-order valence-electron chi connectivity index (χ2n) is 4.81. The second-order valence-corrected chi connectivity index (χ2v) is 5.91. The van der Waals surface area contributed by atoms with Crippen LogP contribution in [-0.2, 0) is 0 Å². The average molecular weight is 388 g/mol. The fraction of sp³-hybridized carbons (Fsp3) is 0.125. The highest BCUT2D eigenvalue weighted by molar-refractivity contribution is 6.41. The van der Waals surface area contributed by atoms with Crippen LogP contribution in [0.4, 0.5) is 4.39 Å². The van der Waals surface area contributed by atoms with Gasteiger partial charge in [-0.25, -0.2) is 14.4 Å². The van der Waals surface area contributed by atoms with Crippen molar-refractivity contribution >= 4 is 45.7 Å². The highest BCUT2D eigenvalue weighted by atomic mass is 35.5. The van der Waals surface area contributed by atoms with Gasteiger partial charge in [-0.15, -0.1) is 0 Å². The molecule has 0 aliphatic rings. The third-order valence-corrected chi connectivity index (χ3v) is 4.41. The van der Waals surface area contributed by atoms with E-state index in [9.17, 15) is 4.39 Å². The number of ether oxygens (including phenoxy) is 2. The Morgan fingerprint density at radius 2 is 1.58 bits per heavy atom. The van der Waals surface area contributed by atoms with E-state index in [2.05, 4.69) is 9.97 Å². The van der Waals surface area contributed by atoms with Gasteiger partial charge in [0, 0.05) is 34.8 Å². The summed E-state index contributed by atoms with van der Waals surface area (Å²) >= 11 is 18.4.